The maximum absolute atomic E-state index is 12.5. The minimum absolute atomic E-state index is 0.0389. The molecule has 0 radical (unpaired) electrons. The fourth-order valence-electron chi connectivity index (χ4n) is 2.98. The maximum atomic E-state index is 12.5. The van der Waals surface area contributed by atoms with E-state index in [1.165, 1.54) is 0 Å². The highest BCUT2D eigenvalue weighted by atomic mass is 16.6. The number of aromatic amines is 1. The van der Waals surface area contributed by atoms with Crippen molar-refractivity contribution in [3.05, 3.63) is 65.4 Å². The first-order valence-electron chi connectivity index (χ1n) is 9.01. The Kier molecular flexibility index (Phi) is 5.89. The van der Waals surface area contributed by atoms with Crippen LogP contribution in [0.4, 0.5) is 0 Å². The number of fused-ring (bicyclic) bond motifs is 1. The quantitative estimate of drug-likeness (QED) is 0.474. The summed E-state index contributed by atoms with van der Waals surface area (Å²) in [6.07, 6.45) is 0.427. The van der Waals surface area contributed by atoms with Crippen molar-refractivity contribution in [2.24, 2.45) is 0 Å². The number of carbonyl (C=O) groups is 3. The van der Waals surface area contributed by atoms with Crippen LogP contribution in [0.3, 0.4) is 0 Å². The first kappa shape index (κ1) is 19.4. The van der Waals surface area contributed by atoms with Gasteiger partial charge in [-0.05, 0) is 37.3 Å². The van der Waals surface area contributed by atoms with E-state index in [1.54, 1.807) is 31.2 Å². The number of rotatable bonds is 8. The number of hydrogen-bond donors (Lipinski definition) is 1. The molecule has 144 valence electrons. The van der Waals surface area contributed by atoms with Gasteiger partial charge in [-0.2, -0.15) is 0 Å². The monoisotopic (exact) mass is 379 g/mol. The summed E-state index contributed by atoms with van der Waals surface area (Å²) in [4.78, 5) is 39.1. The molecule has 1 N–H and O–H groups in total. The third-order valence-corrected chi connectivity index (χ3v) is 4.39. The average molecular weight is 379 g/mol. The Hall–Kier alpha value is -3.41. The zero-order valence-corrected chi connectivity index (χ0v) is 15.8. The van der Waals surface area contributed by atoms with Crippen molar-refractivity contribution in [2.45, 2.75) is 20.3 Å². The third kappa shape index (κ3) is 4.28. The molecule has 0 unspecified atom stereocenters. The second kappa shape index (κ2) is 8.52. The molecule has 0 spiro atoms. The van der Waals surface area contributed by atoms with Gasteiger partial charge in [0.2, 0.25) is 5.78 Å². The molecule has 3 aromatic rings. The molecule has 6 heteroatoms. The fraction of sp³-hybridized carbons (Fsp3) is 0.227. The summed E-state index contributed by atoms with van der Waals surface area (Å²) in [5.41, 5.74) is 2.72. The summed E-state index contributed by atoms with van der Waals surface area (Å²) in [5.74, 6) is -0.425. The van der Waals surface area contributed by atoms with Gasteiger partial charge >= 0.3 is 5.97 Å². The standard InChI is InChI=1S/C22H21NO5/c1-3-19(24)15-8-10-16(11-9-15)27-13-21(26)28-12-20(25)22-14(2)23-18-7-5-4-6-17(18)22/h4-11,23H,3,12-13H2,1-2H3. The van der Waals surface area contributed by atoms with E-state index in [1.807, 2.05) is 31.2 Å². The van der Waals surface area contributed by atoms with Crippen molar-refractivity contribution >= 4 is 28.4 Å². The van der Waals surface area contributed by atoms with Crippen molar-refractivity contribution in [1.29, 1.82) is 0 Å². The minimum Gasteiger partial charge on any atom is -0.482 e. The van der Waals surface area contributed by atoms with Gasteiger partial charge in [-0.1, -0.05) is 25.1 Å². The normalized spacial score (nSPS) is 10.6. The number of aromatic nitrogens is 1. The predicted octanol–water partition coefficient (Wildman–Crippen LogP) is 3.87. The molecule has 1 aromatic heterocycles. The highest BCUT2D eigenvalue weighted by Crippen LogP contribution is 2.22. The van der Waals surface area contributed by atoms with Crippen LogP contribution in [0, 0.1) is 6.92 Å². The highest BCUT2D eigenvalue weighted by molar-refractivity contribution is 6.10. The van der Waals surface area contributed by atoms with Crippen LogP contribution in [0.1, 0.15) is 39.8 Å². The van der Waals surface area contributed by atoms with Gasteiger partial charge in [0.05, 0.1) is 0 Å². The molecule has 0 bridgehead atoms. The zero-order valence-electron chi connectivity index (χ0n) is 15.8. The number of esters is 1. The summed E-state index contributed by atoms with van der Waals surface area (Å²) in [5, 5.41) is 0.805. The maximum Gasteiger partial charge on any atom is 0.344 e. The van der Waals surface area contributed by atoms with Gasteiger partial charge in [-0.3, -0.25) is 9.59 Å². The number of aryl methyl sites for hydroxylation is 1. The highest BCUT2D eigenvalue weighted by Gasteiger charge is 2.17. The summed E-state index contributed by atoms with van der Waals surface area (Å²) in [6, 6.07) is 14.0. The number of benzene rings is 2. The van der Waals surface area contributed by atoms with Gasteiger partial charge in [0.15, 0.2) is 19.0 Å². The molecule has 0 atom stereocenters. The largest absolute Gasteiger partial charge is 0.482 e. The molecular weight excluding hydrogens is 358 g/mol. The number of ether oxygens (including phenoxy) is 2. The molecule has 0 aliphatic rings. The van der Waals surface area contributed by atoms with Crippen LogP contribution in [0.5, 0.6) is 5.75 Å². The Morgan fingerprint density at radius 3 is 2.36 bits per heavy atom. The summed E-state index contributed by atoms with van der Waals surface area (Å²) >= 11 is 0. The Bertz CT molecular complexity index is 1020. The molecule has 0 amide bonds. The first-order chi connectivity index (χ1) is 13.5. The lowest BCUT2D eigenvalue weighted by atomic mass is 10.1. The lowest BCUT2D eigenvalue weighted by Crippen LogP contribution is -2.19. The van der Waals surface area contributed by atoms with Gasteiger partial charge in [0, 0.05) is 34.1 Å². The molecular formula is C22H21NO5. The second-order valence-electron chi connectivity index (χ2n) is 6.34. The van der Waals surface area contributed by atoms with Crippen LogP contribution in [0.2, 0.25) is 0 Å². The Morgan fingerprint density at radius 1 is 0.929 bits per heavy atom. The number of nitrogens with one attached hydrogen (secondary N) is 1. The predicted molar refractivity (Wildman–Crippen MR) is 105 cm³/mol. The molecule has 3 rings (SSSR count). The van der Waals surface area contributed by atoms with Crippen LogP contribution in [-0.4, -0.2) is 35.7 Å². The van der Waals surface area contributed by atoms with Crippen molar-refractivity contribution < 1.29 is 23.9 Å². The summed E-state index contributed by atoms with van der Waals surface area (Å²) in [6.45, 7) is 2.93. The van der Waals surface area contributed by atoms with Crippen LogP contribution in [0.25, 0.3) is 10.9 Å². The number of ketones is 2. The number of hydrogen-bond acceptors (Lipinski definition) is 5. The van der Waals surface area contributed by atoms with Crippen LogP contribution >= 0.6 is 0 Å². The van der Waals surface area contributed by atoms with E-state index in [4.69, 9.17) is 9.47 Å². The van der Waals surface area contributed by atoms with Crippen molar-refractivity contribution in [2.75, 3.05) is 13.2 Å². The number of carbonyl (C=O) groups excluding carboxylic acids is 3. The van der Waals surface area contributed by atoms with Gasteiger partial charge in [-0.25, -0.2) is 4.79 Å². The number of H-pyrrole nitrogens is 1. The van der Waals surface area contributed by atoms with E-state index >= 15 is 0 Å². The molecule has 0 fully saturated rings. The minimum atomic E-state index is -0.639. The Labute approximate surface area is 162 Å². The summed E-state index contributed by atoms with van der Waals surface area (Å²) in [7, 11) is 0. The van der Waals surface area contributed by atoms with E-state index < -0.39 is 5.97 Å². The van der Waals surface area contributed by atoms with Gasteiger partial charge < -0.3 is 14.5 Å². The van der Waals surface area contributed by atoms with Crippen molar-refractivity contribution in [1.82, 2.24) is 4.98 Å². The van der Waals surface area contributed by atoms with Crippen LogP contribution < -0.4 is 4.74 Å². The molecule has 6 nitrogen and oxygen atoms in total. The van der Waals surface area contributed by atoms with E-state index in [9.17, 15) is 14.4 Å². The zero-order chi connectivity index (χ0) is 20.1. The van der Waals surface area contributed by atoms with Gasteiger partial charge in [0.1, 0.15) is 5.75 Å². The van der Waals surface area contributed by atoms with Gasteiger partial charge in [-0.15, -0.1) is 0 Å². The second-order valence-corrected chi connectivity index (χ2v) is 6.34. The summed E-state index contributed by atoms with van der Waals surface area (Å²) < 4.78 is 10.4. The van der Waals surface area contributed by atoms with E-state index in [2.05, 4.69) is 4.98 Å². The number of Topliss-reactive ketones (excluding diaryl/α,β-unsaturated/α-hetero) is 2. The molecule has 0 saturated heterocycles. The van der Waals surface area contributed by atoms with Crippen molar-refractivity contribution in [3.8, 4) is 5.75 Å². The van der Waals surface area contributed by atoms with E-state index in [-0.39, 0.29) is 24.8 Å². The lowest BCUT2D eigenvalue weighted by Gasteiger charge is -2.07. The Morgan fingerprint density at radius 2 is 1.64 bits per heavy atom. The van der Waals surface area contributed by atoms with Gasteiger partial charge in [0.25, 0.3) is 0 Å². The molecule has 0 aliphatic heterocycles. The first-order valence-corrected chi connectivity index (χ1v) is 9.01. The SMILES string of the molecule is CCC(=O)c1ccc(OCC(=O)OCC(=O)c2c(C)[nH]c3ccccc23)cc1. The third-order valence-electron chi connectivity index (χ3n) is 4.39. The molecule has 0 saturated carbocycles. The molecule has 28 heavy (non-hydrogen) atoms. The van der Waals surface area contributed by atoms with Crippen LogP contribution in [0.15, 0.2) is 48.5 Å². The van der Waals surface area contributed by atoms with E-state index in [0.29, 0.717) is 23.3 Å². The number of para-hydroxylation sites is 1. The lowest BCUT2D eigenvalue weighted by molar-refractivity contribution is -0.144. The topological polar surface area (TPSA) is 85.5 Å². The molecule has 1 heterocycles. The molecule has 2 aromatic carbocycles. The van der Waals surface area contributed by atoms with Crippen molar-refractivity contribution in [3.63, 3.8) is 0 Å². The fourth-order valence-corrected chi connectivity index (χ4v) is 2.98. The smallest absolute Gasteiger partial charge is 0.344 e. The Balaban J connectivity index is 1.53. The van der Waals surface area contributed by atoms with E-state index in [0.717, 1.165) is 16.6 Å². The van der Waals surface area contributed by atoms with Crippen LogP contribution in [-0.2, 0) is 9.53 Å². The molecule has 0 aliphatic carbocycles. The average Bonchev–Trinajstić information content (AvgIpc) is 3.06.